The van der Waals surface area contributed by atoms with Gasteiger partial charge in [0.15, 0.2) is 0 Å². The van der Waals surface area contributed by atoms with Gasteiger partial charge in [0.1, 0.15) is 12.2 Å². The molecule has 2 heterocycles. The van der Waals surface area contributed by atoms with Gasteiger partial charge in [-0.15, -0.1) is 0 Å². The van der Waals surface area contributed by atoms with Crippen molar-refractivity contribution < 1.29 is 4.79 Å². The molecule has 0 spiro atoms. The Morgan fingerprint density at radius 3 is 2.77 bits per heavy atom. The molecule has 5 rings (SSSR count). The lowest BCUT2D eigenvalue weighted by molar-refractivity contribution is -0.122. The summed E-state index contributed by atoms with van der Waals surface area (Å²) in [4.78, 5) is 41.5. The molecule has 2 bridgehead atoms. The van der Waals surface area contributed by atoms with E-state index in [4.69, 9.17) is 0 Å². The van der Waals surface area contributed by atoms with Crippen LogP contribution in [0.25, 0.3) is 0 Å². The molecule has 3 aliphatic carbocycles. The number of nitrogens with one attached hydrogen (secondary N) is 3. The summed E-state index contributed by atoms with van der Waals surface area (Å²) in [6.07, 6.45) is 7.15. The first-order valence-electron chi connectivity index (χ1n) is 10.9. The number of H-pyrrole nitrogens is 1. The minimum absolute atomic E-state index is 0.181. The number of rotatable bonds is 6. The van der Waals surface area contributed by atoms with E-state index in [1.165, 1.54) is 12.6 Å². The van der Waals surface area contributed by atoms with E-state index in [0.717, 1.165) is 22.2 Å². The van der Waals surface area contributed by atoms with Gasteiger partial charge in [0.2, 0.25) is 5.91 Å². The summed E-state index contributed by atoms with van der Waals surface area (Å²) < 4.78 is 1.05. The number of pyridine rings is 1. The molecule has 8 heteroatoms. The summed E-state index contributed by atoms with van der Waals surface area (Å²) in [7, 11) is 0. The highest BCUT2D eigenvalue weighted by Crippen LogP contribution is 2.61. The van der Waals surface area contributed by atoms with Crippen LogP contribution in [-0.4, -0.2) is 26.7 Å². The minimum Gasteiger partial charge on any atom is -0.377 e. The molecule has 3 aliphatic rings. The van der Waals surface area contributed by atoms with Crippen LogP contribution in [0, 0.1) is 30.1 Å². The number of fused-ring (bicyclic) bond motifs is 2. The Morgan fingerprint density at radius 1 is 1.32 bits per heavy atom. The minimum atomic E-state index is -0.728. The number of hydrogen-bond acceptors (Lipinski definition) is 5. The molecule has 3 fully saturated rings. The second kappa shape index (κ2) is 7.98. The SMILES string of the molecule is Cc1cnccc1CNC(=O)Cn1[nH]cc(NC2C[C@@H]3C[C@H]([C@H]2C)C3(C)C)c(=O)c1=O. The number of carbonyl (C=O) groups is 1. The van der Waals surface area contributed by atoms with E-state index < -0.39 is 11.0 Å². The molecule has 8 nitrogen and oxygen atoms in total. The Kier molecular flexibility index (Phi) is 5.49. The largest absolute Gasteiger partial charge is 0.377 e. The molecule has 2 aromatic rings. The van der Waals surface area contributed by atoms with E-state index in [1.807, 2.05) is 13.0 Å². The Labute approximate surface area is 181 Å². The molecule has 1 amide bonds. The summed E-state index contributed by atoms with van der Waals surface area (Å²) in [5, 5.41) is 8.88. The third-order valence-electron chi connectivity index (χ3n) is 7.66. The van der Waals surface area contributed by atoms with Gasteiger partial charge in [-0.1, -0.05) is 20.8 Å². The summed E-state index contributed by atoms with van der Waals surface area (Å²) in [5.74, 6) is 1.37. The first kappa shape index (κ1) is 21.3. The third kappa shape index (κ3) is 3.91. The first-order chi connectivity index (χ1) is 14.7. The van der Waals surface area contributed by atoms with E-state index >= 15 is 0 Å². The smallest absolute Gasteiger partial charge is 0.315 e. The third-order valence-corrected chi connectivity index (χ3v) is 7.66. The maximum atomic E-state index is 12.6. The fourth-order valence-corrected chi connectivity index (χ4v) is 5.36. The molecular formula is C23H31N5O3. The highest BCUT2D eigenvalue weighted by atomic mass is 16.2. The van der Waals surface area contributed by atoms with E-state index in [-0.39, 0.29) is 24.2 Å². The van der Waals surface area contributed by atoms with Crippen molar-refractivity contribution in [3.8, 4) is 0 Å². The van der Waals surface area contributed by atoms with Crippen molar-refractivity contribution in [3.05, 3.63) is 56.4 Å². The standard InChI is InChI=1S/C23H31N5O3/c1-13-9-24-6-5-15(13)10-25-20(29)12-28-22(31)21(30)19(11-26-28)27-18-8-16-7-17(14(18)2)23(16,3)4/h5-6,9,11,14,16-18,26-27H,7-8,10,12H2,1-4H3,(H,25,29)/t14-,16+,17-,18?/m1/s1. The number of nitrogens with zero attached hydrogens (tertiary/aromatic N) is 2. The van der Waals surface area contributed by atoms with Crippen LogP contribution >= 0.6 is 0 Å². The first-order valence-corrected chi connectivity index (χ1v) is 10.9. The molecule has 0 aliphatic heterocycles. The van der Waals surface area contributed by atoms with Crippen LogP contribution < -0.4 is 21.6 Å². The molecule has 0 saturated heterocycles. The fraction of sp³-hybridized carbons (Fsp3) is 0.565. The van der Waals surface area contributed by atoms with E-state index in [9.17, 15) is 14.4 Å². The molecule has 0 aromatic carbocycles. The topological polar surface area (TPSA) is 109 Å². The normalized spacial score (nSPS) is 26.1. The predicted octanol–water partition coefficient (Wildman–Crippen LogP) is 2.04. The number of aromatic amines is 1. The van der Waals surface area contributed by atoms with Crippen LogP contribution in [0.3, 0.4) is 0 Å². The van der Waals surface area contributed by atoms with Crippen molar-refractivity contribution in [2.24, 2.45) is 23.2 Å². The number of carbonyl (C=O) groups excluding carboxylic acids is 1. The summed E-state index contributed by atoms with van der Waals surface area (Å²) in [5.41, 5.74) is 1.23. The monoisotopic (exact) mass is 425 g/mol. The lowest BCUT2D eigenvalue weighted by Gasteiger charge is -2.62. The molecule has 0 radical (unpaired) electrons. The lowest BCUT2D eigenvalue weighted by atomic mass is 9.45. The van der Waals surface area contributed by atoms with Gasteiger partial charge in [-0.3, -0.25) is 19.4 Å². The molecule has 2 aromatic heterocycles. The van der Waals surface area contributed by atoms with Crippen LogP contribution in [0.15, 0.2) is 34.2 Å². The zero-order valence-corrected chi connectivity index (χ0v) is 18.6. The van der Waals surface area contributed by atoms with Crippen LogP contribution in [0.4, 0.5) is 5.69 Å². The van der Waals surface area contributed by atoms with E-state index in [2.05, 4.69) is 41.5 Å². The van der Waals surface area contributed by atoms with Gasteiger partial charge in [0.25, 0.3) is 5.43 Å². The second-order valence-electron chi connectivity index (χ2n) is 9.69. The van der Waals surface area contributed by atoms with Gasteiger partial charge >= 0.3 is 5.56 Å². The number of aryl methyl sites for hydroxylation is 1. The predicted molar refractivity (Wildman–Crippen MR) is 119 cm³/mol. The van der Waals surface area contributed by atoms with Crippen LogP contribution in [-0.2, 0) is 17.9 Å². The number of aromatic nitrogens is 3. The van der Waals surface area contributed by atoms with Crippen molar-refractivity contribution >= 4 is 11.6 Å². The number of amides is 1. The van der Waals surface area contributed by atoms with Gasteiger partial charge in [-0.2, -0.15) is 0 Å². The summed E-state index contributed by atoms with van der Waals surface area (Å²) >= 11 is 0. The van der Waals surface area contributed by atoms with Gasteiger partial charge < -0.3 is 15.7 Å². The Bertz CT molecular complexity index is 1100. The molecular weight excluding hydrogens is 394 g/mol. The Morgan fingerprint density at radius 2 is 2.10 bits per heavy atom. The van der Waals surface area contributed by atoms with Crippen molar-refractivity contribution in [2.75, 3.05) is 5.32 Å². The highest BCUT2D eigenvalue weighted by molar-refractivity contribution is 5.75. The fourth-order valence-electron chi connectivity index (χ4n) is 5.36. The molecule has 4 atom stereocenters. The van der Waals surface area contributed by atoms with Crippen LogP contribution in [0.2, 0.25) is 0 Å². The van der Waals surface area contributed by atoms with Crippen molar-refractivity contribution in [2.45, 2.75) is 59.7 Å². The number of anilines is 1. The van der Waals surface area contributed by atoms with Gasteiger partial charge in [0.05, 0.1) is 0 Å². The van der Waals surface area contributed by atoms with Crippen molar-refractivity contribution in [1.29, 1.82) is 0 Å². The molecule has 1 unspecified atom stereocenters. The summed E-state index contributed by atoms with van der Waals surface area (Å²) in [6, 6.07) is 2.02. The zero-order valence-electron chi connectivity index (χ0n) is 18.6. The van der Waals surface area contributed by atoms with E-state index in [1.54, 1.807) is 12.4 Å². The Balaban J connectivity index is 1.40. The second-order valence-corrected chi connectivity index (χ2v) is 9.69. The zero-order chi connectivity index (χ0) is 22.3. The van der Waals surface area contributed by atoms with Gasteiger partial charge in [0, 0.05) is 31.2 Å². The maximum absolute atomic E-state index is 12.6. The van der Waals surface area contributed by atoms with Crippen LogP contribution in [0.1, 0.15) is 44.7 Å². The average molecular weight is 426 g/mol. The molecule has 3 N–H and O–H groups in total. The molecule has 31 heavy (non-hydrogen) atoms. The maximum Gasteiger partial charge on any atom is 0.315 e. The number of hydrogen-bond donors (Lipinski definition) is 3. The molecule has 166 valence electrons. The van der Waals surface area contributed by atoms with Crippen molar-refractivity contribution in [3.63, 3.8) is 0 Å². The van der Waals surface area contributed by atoms with Crippen LogP contribution in [0.5, 0.6) is 0 Å². The van der Waals surface area contributed by atoms with E-state index in [0.29, 0.717) is 29.7 Å². The van der Waals surface area contributed by atoms with Gasteiger partial charge in [-0.05, 0) is 60.1 Å². The molecule has 3 saturated carbocycles. The van der Waals surface area contributed by atoms with Crippen molar-refractivity contribution in [1.82, 2.24) is 20.1 Å². The summed E-state index contributed by atoms with van der Waals surface area (Å²) in [6.45, 7) is 8.89. The quantitative estimate of drug-likeness (QED) is 0.614. The average Bonchev–Trinajstić information content (AvgIpc) is 2.73. The lowest BCUT2D eigenvalue weighted by Crippen LogP contribution is -2.58. The Hall–Kier alpha value is -2.90. The van der Waals surface area contributed by atoms with Gasteiger partial charge in [-0.25, -0.2) is 4.68 Å². The highest BCUT2D eigenvalue weighted by Gasteiger charge is 2.56.